The van der Waals surface area contributed by atoms with E-state index >= 15 is 0 Å². The minimum Gasteiger partial charge on any atom is -0.490 e. The summed E-state index contributed by atoms with van der Waals surface area (Å²) in [4.78, 5) is 38.2. The molecule has 0 unspecified atom stereocenters. The van der Waals surface area contributed by atoms with Gasteiger partial charge in [0.1, 0.15) is 0 Å². The lowest BCUT2D eigenvalue weighted by Crippen LogP contribution is -2.37. The fourth-order valence-electron chi connectivity index (χ4n) is 3.72. The molecule has 2 N–H and O–H groups in total. The number of fused-ring (bicyclic) bond motifs is 1. The zero-order chi connectivity index (χ0) is 25.3. The second-order valence-electron chi connectivity index (χ2n) is 8.09. The third-order valence-corrected chi connectivity index (χ3v) is 5.55. The molecule has 3 amide bonds. The summed E-state index contributed by atoms with van der Waals surface area (Å²) in [6.45, 7) is 4.00. The van der Waals surface area contributed by atoms with Crippen molar-refractivity contribution in [3.8, 4) is 23.0 Å². The van der Waals surface area contributed by atoms with Crippen molar-refractivity contribution in [1.29, 1.82) is 0 Å². The highest BCUT2D eigenvalue weighted by molar-refractivity contribution is 6.35. The van der Waals surface area contributed by atoms with E-state index in [-0.39, 0.29) is 25.9 Å². The third-order valence-electron chi connectivity index (χ3n) is 5.55. The van der Waals surface area contributed by atoms with Crippen LogP contribution in [0.2, 0.25) is 0 Å². The molecule has 0 spiro atoms. The highest BCUT2D eigenvalue weighted by atomic mass is 16.7. The summed E-state index contributed by atoms with van der Waals surface area (Å²) in [5, 5.41) is 6.37. The van der Waals surface area contributed by atoms with Crippen LogP contribution in [-0.4, -0.2) is 61.9 Å². The van der Waals surface area contributed by atoms with Gasteiger partial charge in [0.25, 0.3) is 5.91 Å². The Morgan fingerprint density at radius 2 is 1.81 bits per heavy atom. The van der Waals surface area contributed by atoms with Crippen molar-refractivity contribution in [1.82, 2.24) is 15.6 Å². The number of ether oxygens (including phenoxy) is 4. The Labute approximate surface area is 208 Å². The standard InChI is InChI=1S/C25H28N4O7/c1-2-33-21-12-18(6-7-19(21)34-15-23(30)29-9-3-4-10-29)14-27-28-25(32)24(31)26-13-17-5-8-20-22(11-17)36-16-35-20/h5-8,11-12,14H,2-4,9-10,13,15-16H2,1H3,(H,26,31)(H,28,32)/b27-14-. The van der Waals surface area contributed by atoms with Crippen LogP contribution in [0.15, 0.2) is 41.5 Å². The van der Waals surface area contributed by atoms with Gasteiger partial charge in [-0.1, -0.05) is 6.07 Å². The molecule has 0 aliphatic carbocycles. The SMILES string of the molecule is CCOc1cc(/C=N\NC(=O)C(=O)NCc2ccc3c(c2)OCO3)ccc1OCC(=O)N1CCCC1. The topological polar surface area (TPSA) is 128 Å². The molecule has 11 nitrogen and oxygen atoms in total. The molecular weight excluding hydrogens is 468 g/mol. The quantitative estimate of drug-likeness (QED) is 0.307. The molecule has 0 saturated carbocycles. The van der Waals surface area contributed by atoms with Gasteiger partial charge in [-0.2, -0.15) is 5.10 Å². The monoisotopic (exact) mass is 496 g/mol. The minimum absolute atomic E-state index is 0.0555. The van der Waals surface area contributed by atoms with Crippen LogP contribution in [0.4, 0.5) is 0 Å². The molecule has 11 heteroatoms. The van der Waals surface area contributed by atoms with Gasteiger partial charge in [-0.15, -0.1) is 0 Å². The number of hydrazone groups is 1. The highest BCUT2D eigenvalue weighted by Gasteiger charge is 2.19. The molecule has 1 saturated heterocycles. The van der Waals surface area contributed by atoms with E-state index in [4.69, 9.17) is 18.9 Å². The van der Waals surface area contributed by atoms with Crippen molar-refractivity contribution in [3.05, 3.63) is 47.5 Å². The van der Waals surface area contributed by atoms with Crippen LogP contribution >= 0.6 is 0 Å². The maximum absolute atomic E-state index is 12.2. The summed E-state index contributed by atoms with van der Waals surface area (Å²) in [6, 6.07) is 10.3. The molecule has 1 fully saturated rings. The Morgan fingerprint density at radius 3 is 2.61 bits per heavy atom. The first kappa shape index (κ1) is 24.8. The van der Waals surface area contributed by atoms with E-state index in [1.54, 1.807) is 41.3 Å². The first-order valence-corrected chi connectivity index (χ1v) is 11.7. The zero-order valence-corrected chi connectivity index (χ0v) is 20.0. The van der Waals surface area contributed by atoms with E-state index in [9.17, 15) is 14.4 Å². The van der Waals surface area contributed by atoms with Crippen molar-refractivity contribution < 1.29 is 33.3 Å². The summed E-state index contributed by atoms with van der Waals surface area (Å²) in [6.07, 6.45) is 3.41. The van der Waals surface area contributed by atoms with Crippen LogP contribution in [0.3, 0.4) is 0 Å². The lowest BCUT2D eigenvalue weighted by molar-refractivity contribution is -0.139. The second-order valence-corrected chi connectivity index (χ2v) is 8.09. The lowest BCUT2D eigenvalue weighted by Gasteiger charge is -2.17. The molecule has 0 bridgehead atoms. The molecule has 2 aliphatic heterocycles. The first-order valence-electron chi connectivity index (χ1n) is 11.7. The normalized spacial score (nSPS) is 14.1. The van der Waals surface area contributed by atoms with Gasteiger partial charge >= 0.3 is 11.8 Å². The van der Waals surface area contributed by atoms with Crippen LogP contribution in [0.25, 0.3) is 0 Å². The summed E-state index contributed by atoms with van der Waals surface area (Å²) >= 11 is 0. The van der Waals surface area contributed by atoms with E-state index in [2.05, 4.69) is 15.8 Å². The summed E-state index contributed by atoms with van der Waals surface area (Å²) in [5.74, 6) is 0.331. The minimum atomic E-state index is -0.905. The van der Waals surface area contributed by atoms with E-state index in [0.717, 1.165) is 31.5 Å². The maximum Gasteiger partial charge on any atom is 0.329 e. The predicted octanol–water partition coefficient (Wildman–Crippen LogP) is 1.58. The number of likely N-dealkylation sites (tertiary alicyclic amines) is 1. The fourth-order valence-corrected chi connectivity index (χ4v) is 3.72. The Kier molecular flexibility index (Phi) is 8.22. The average molecular weight is 497 g/mol. The predicted molar refractivity (Wildman–Crippen MR) is 129 cm³/mol. The van der Waals surface area contributed by atoms with Crippen LogP contribution in [0.1, 0.15) is 30.9 Å². The van der Waals surface area contributed by atoms with Crippen LogP contribution in [0.5, 0.6) is 23.0 Å². The molecule has 0 radical (unpaired) electrons. The number of hydrogen-bond acceptors (Lipinski definition) is 8. The number of benzene rings is 2. The molecule has 2 aromatic rings. The number of nitrogens with one attached hydrogen (secondary N) is 2. The molecule has 2 aliphatic rings. The molecule has 190 valence electrons. The van der Waals surface area contributed by atoms with E-state index in [0.29, 0.717) is 35.2 Å². The first-order chi connectivity index (χ1) is 17.5. The summed E-state index contributed by atoms with van der Waals surface area (Å²) in [7, 11) is 0. The van der Waals surface area contributed by atoms with Gasteiger partial charge in [0, 0.05) is 19.6 Å². The molecule has 0 atom stereocenters. The van der Waals surface area contributed by atoms with Gasteiger partial charge in [0.05, 0.1) is 12.8 Å². The average Bonchev–Trinajstić information content (AvgIpc) is 3.59. The van der Waals surface area contributed by atoms with Gasteiger partial charge < -0.3 is 29.2 Å². The van der Waals surface area contributed by atoms with E-state index < -0.39 is 11.8 Å². The maximum atomic E-state index is 12.2. The smallest absolute Gasteiger partial charge is 0.329 e. The Morgan fingerprint density at radius 1 is 1.00 bits per heavy atom. The van der Waals surface area contributed by atoms with Gasteiger partial charge in [0.15, 0.2) is 29.6 Å². The van der Waals surface area contributed by atoms with E-state index in [1.807, 2.05) is 6.92 Å². The highest BCUT2D eigenvalue weighted by Crippen LogP contribution is 2.32. The van der Waals surface area contributed by atoms with Gasteiger partial charge in [-0.3, -0.25) is 14.4 Å². The molecule has 0 aromatic heterocycles. The van der Waals surface area contributed by atoms with Gasteiger partial charge in [-0.05, 0) is 61.2 Å². The Hall–Kier alpha value is -4.28. The van der Waals surface area contributed by atoms with Crippen LogP contribution in [-0.2, 0) is 20.9 Å². The molecule has 4 rings (SSSR count). The van der Waals surface area contributed by atoms with Crippen molar-refractivity contribution >= 4 is 23.9 Å². The van der Waals surface area contributed by atoms with Crippen molar-refractivity contribution in [2.45, 2.75) is 26.3 Å². The number of nitrogens with zero attached hydrogens (tertiary/aromatic N) is 2. The summed E-state index contributed by atoms with van der Waals surface area (Å²) < 4.78 is 21.8. The van der Waals surface area contributed by atoms with Crippen molar-refractivity contribution in [2.75, 3.05) is 33.1 Å². The lowest BCUT2D eigenvalue weighted by atomic mass is 10.2. The van der Waals surface area contributed by atoms with Gasteiger partial charge in [0.2, 0.25) is 6.79 Å². The van der Waals surface area contributed by atoms with E-state index in [1.165, 1.54) is 6.21 Å². The Balaban J connectivity index is 1.27. The van der Waals surface area contributed by atoms with Gasteiger partial charge in [-0.25, -0.2) is 5.43 Å². The number of carbonyl (C=O) groups excluding carboxylic acids is 3. The zero-order valence-electron chi connectivity index (χ0n) is 20.0. The Bertz CT molecular complexity index is 1150. The van der Waals surface area contributed by atoms with Crippen LogP contribution in [0, 0.1) is 0 Å². The van der Waals surface area contributed by atoms with Crippen LogP contribution < -0.4 is 29.7 Å². The van der Waals surface area contributed by atoms with Crippen molar-refractivity contribution in [3.63, 3.8) is 0 Å². The van der Waals surface area contributed by atoms with Crippen molar-refractivity contribution in [2.24, 2.45) is 5.10 Å². The third kappa shape index (κ3) is 6.44. The largest absolute Gasteiger partial charge is 0.490 e. The number of carbonyl (C=O) groups is 3. The molecule has 2 heterocycles. The molecule has 2 aromatic carbocycles. The number of amides is 3. The number of rotatable bonds is 9. The fraction of sp³-hybridized carbons (Fsp3) is 0.360. The second kappa shape index (κ2) is 11.9. The molecular formula is C25H28N4O7. The number of hydrogen-bond donors (Lipinski definition) is 2. The summed E-state index contributed by atoms with van der Waals surface area (Å²) in [5.41, 5.74) is 3.57. The molecule has 36 heavy (non-hydrogen) atoms.